The Morgan fingerprint density at radius 3 is 2.03 bits per heavy atom. The molecule has 6 nitrogen and oxygen atoms in total. The van der Waals surface area contributed by atoms with Crippen molar-refractivity contribution in [2.24, 2.45) is 11.8 Å². The zero-order valence-corrected chi connectivity index (χ0v) is 19.5. The lowest BCUT2D eigenvalue weighted by Gasteiger charge is -2.27. The van der Waals surface area contributed by atoms with Gasteiger partial charge in [0.1, 0.15) is 0 Å². The number of imide groups is 1. The summed E-state index contributed by atoms with van der Waals surface area (Å²) >= 11 is 5.98. The molecule has 2 amide bonds. The van der Waals surface area contributed by atoms with Crippen molar-refractivity contribution in [2.75, 3.05) is 0 Å². The third kappa shape index (κ3) is 3.00. The first-order chi connectivity index (χ1) is 16.8. The molecule has 0 saturated carbocycles. The van der Waals surface area contributed by atoms with E-state index in [4.69, 9.17) is 16.3 Å². The van der Waals surface area contributed by atoms with E-state index in [0.29, 0.717) is 16.1 Å². The Morgan fingerprint density at radius 1 is 0.829 bits per heavy atom. The molecule has 0 bridgehead atoms. The summed E-state index contributed by atoms with van der Waals surface area (Å²) < 4.78 is 6.28. The molecule has 6 rings (SSSR count). The van der Waals surface area contributed by atoms with Crippen molar-refractivity contribution in [3.05, 3.63) is 106 Å². The fraction of sp³-hybridized carbons (Fsp3) is 0.214. The van der Waals surface area contributed by atoms with Gasteiger partial charge in [-0.15, -0.1) is 0 Å². The Labute approximate surface area is 206 Å². The highest BCUT2D eigenvalue weighted by Gasteiger charge is 2.74. The van der Waals surface area contributed by atoms with Crippen LogP contribution in [-0.2, 0) is 20.9 Å². The number of ether oxygens (including phenoxy) is 1. The number of nitrogens with zero attached hydrogens (tertiary/aromatic N) is 1. The van der Waals surface area contributed by atoms with Gasteiger partial charge in [0.25, 0.3) is 0 Å². The molecular formula is C28H20ClNO5. The number of amides is 2. The van der Waals surface area contributed by atoms with Gasteiger partial charge in [0.2, 0.25) is 29.0 Å². The summed E-state index contributed by atoms with van der Waals surface area (Å²) in [6, 6.07) is 20.7. The summed E-state index contributed by atoms with van der Waals surface area (Å²) in [5.74, 6) is -4.36. The number of carbonyl (C=O) groups excluding carboxylic acids is 4. The first-order valence-electron chi connectivity index (χ1n) is 11.4. The van der Waals surface area contributed by atoms with Crippen LogP contribution in [0.15, 0.2) is 72.8 Å². The zero-order chi connectivity index (χ0) is 24.5. The summed E-state index contributed by atoms with van der Waals surface area (Å²) in [7, 11) is 0. The van der Waals surface area contributed by atoms with Gasteiger partial charge in [-0.05, 0) is 30.2 Å². The Morgan fingerprint density at radius 2 is 1.43 bits per heavy atom. The molecule has 2 saturated heterocycles. The normalized spacial score (nSPS) is 24.4. The third-order valence-corrected chi connectivity index (χ3v) is 7.52. The van der Waals surface area contributed by atoms with Gasteiger partial charge in [-0.25, -0.2) is 0 Å². The molecule has 1 aliphatic carbocycles. The molecule has 35 heavy (non-hydrogen) atoms. The maximum absolute atomic E-state index is 13.8. The molecule has 3 aliphatic rings. The lowest BCUT2D eigenvalue weighted by molar-refractivity contribution is -0.145. The Kier molecular flexibility index (Phi) is 4.82. The number of rotatable bonds is 3. The van der Waals surface area contributed by atoms with E-state index in [-0.39, 0.29) is 17.7 Å². The van der Waals surface area contributed by atoms with Crippen LogP contribution in [0.5, 0.6) is 0 Å². The number of Topliss-reactive ketones (excluding diaryl/α,β-unsaturated/α-hetero) is 2. The molecule has 0 aromatic heterocycles. The summed E-state index contributed by atoms with van der Waals surface area (Å²) in [6.45, 7) is 1.95. The fourth-order valence-corrected chi connectivity index (χ4v) is 5.69. The van der Waals surface area contributed by atoms with Crippen LogP contribution in [0.1, 0.15) is 43.5 Å². The van der Waals surface area contributed by atoms with Gasteiger partial charge >= 0.3 is 0 Å². The second-order valence-electron chi connectivity index (χ2n) is 9.28. The van der Waals surface area contributed by atoms with Gasteiger partial charge in [0, 0.05) is 16.1 Å². The van der Waals surface area contributed by atoms with E-state index in [1.807, 2.05) is 31.2 Å². The van der Waals surface area contributed by atoms with Gasteiger partial charge < -0.3 is 4.74 Å². The van der Waals surface area contributed by atoms with Crippen LogP contribution in [0.2, 0.25) is 5.02 Å². The number of aryl methyl sites for hydroxylation is 1. The molecule has 0 radical (unpaired) electrons. The summed E-state index contributed by atoms with van der Waals surface area (Å²) in [6.07, 6.45) is -0.908. The van der Waals surface area contributed by atoms with Crippen molar-refractivity contribution in [3.63, 3.8) is 0 Å². The first-order valence-corrected chi connectivity index (χ1v) is 11.7. The Bertz CT molecular complexity index is 1380. The number of hydrogen-bond acceptors (Lipinski definition) is 5. The van der Waals surface area contributed by atoms with E-state index in [2.05, 4.69) is 0 Å². The van der Waals surface area contributed by atoms with Gasteiger partial charge in [-0.3, -0.25) is 24.1 Å². The summed E-state index contributed by atoms with van der Waals surface area (Å²) in [4.78, 5) is 56.1. The molecule has 3 aromatic rings. The average Bonchev–Trinajstić information content (AvgIpc) is 3.42. The van der Waals surface area contributed by atoms with E-state index in [9.17, 15) is 19.2 Å². The third-order valence-electron chi connectivity index (χ3n) is 7.27. The monoisotopic (exact) mass is 485 g/mol. The molecule has 0 N–H and O–H groups in total. The minimum absolute atomic E-state index is 0.0217. The van der Waals surface area contributed by atoms with E-state index < -0.39 is 46.9 Å². The van der Waals surface area contributed by atoms with Gasteiger partial charge in [0.05, 0.1) is 24.5 Å². The van der Waals surface area contributed by atoms with Crippen LogP contribution >= 0.6 is 11.6 Å². The number of benzene rings is 3. The first kappa shape index (κ1) is 21.9. The smallest absolute Gasteiger partial charge is 0.237 e. The number of likely N-dealkylation sites (tertiary alicyclic amines) is 1. The predicted molar refractivity (Wildman–Crippen MR) is 127 cm³/mol. The fourth-order valence-electron chi connectivity index (χ4n) is 5.56. The Hall–Kier alpha value is -3.61. The van der Waals surface area contributed by atoms with Gasteiger partial charge in [-0.1, -0.05) is 77.8 Å². The minimum atomic E-state index is -2.05. The van der Waals surface area contributed by atoms with Crippen LogP contribution in [0, 0.1) is 18.8 Å². The molecule has 3 aromatic carbocycles. The number of carbonyl (C=O) groups is 4. The molecule has 174 valence electrons. The van der Waals surface area contributed by atoms with Crippen LogP contribution in [-0.4, -0.2) is 33.9 Å². The van der Waals surface area contributed by atoms with Crippen molar-refractivity contribution < 1.29 is 23.9 Å². The van der Waals surface area contributed by atoms with E-state index >= 15 is 0 Å². The quantitative estimate of drug-likeness (QED) is 0.407. The topological polar surface area (TPSA) is 80.8 Å². The lowest BCUT2D eigenvalue weighted by Crippen LogP contribution is -2.50. The predicted octanol–water partition coefficient (Wildman–Crippen LogP) is 4.34. The van der Waals surface area contributed by atoms with Crippen molar-refractivity contribution in [2.45, 2.75) is 25.2 Å². The second-order valence-corrected chi connectivity index (χ2v) is 9.72. The van der Waals surface area contributed by atoms with Crippen LogP contribution in [0.4, 0.5) is 0 Å². The maximum atomic E-state index is 13.8. The summed E-state index contributed by atoms with van der Waals surface area (Å²) in [5, 5.41) is 0.538. The van der Waals surface area contributed by atoms with E-state index in [0.717, 1.165) is 10.5 Å². The van der Waals surface area contributed by atoms with Gasteiger partial charge in [-0.2, -0.15) is 0 Å². The second kappa shape index (κ2) is 7.70. The zero-order valence-electron chi connectivity index (χ0n) is 18.7. The number of ketones is 2. The minimum Gasteiger partial charge on any atom is -0.349 e. The lowest BCUT2D eigenvalue weighted by atomic mass is 9.77. The molecule has 2 aliphatic heterocycles. The standard InChI is InChI=1S/C28H20ClNO5/c1-15-6-10-17(11-7-15)23-21-22(27(34)30(26(21)33)14-16-8-12-18(29)13-9-16)28(35-23)24(31)19-4-2-3-5-20(19)25(28)32/h2-13,21-23H,14H2,1H3/t21-,22-,23+/m0/s1. The number of halogens is 1. The van der Waals surface area contributed by atoms with Crippen molar-refractivity contribution in [3.8, 4) is 0 Å². The highest BCUT2D eigenvalue weighted by atomic mass is 35.5. The van der Waals surface area contributed by atoms with Gasteiger partial charge in [0.15, 0.2) is 0 Å². The van der Waals surface area contributed by atoms with Crippen LogP contribution in [0.3, 0.4) is 0 Å². The Balaban J connectivity index is 1.48. The molecule has 2 heterocycles. The maximum Gasteiger partial charge on any atom is 0.237 e. The molecule has 7 heteroatoms. The molecule has 2 fully saturated rings. The molecule has 1 spiro atoms. The van der Waals surface area contributed by atoms with Crippen LogP contribution in [0.25, 0.3) is 0 Å². The van der Waals surface area contributed by atoms with Crippen molar-refractivity contribution in [1.82, 2.24) is 4.90 Å². The van der Waals surface area contributed by atoms with Crippen LogP contribution < -0.4 is 0 Å². The molecule has 0 unspecified atom stereocenters. The largest absolute Gasteiger partial charge is 0.349 e. The molecular weight excluding hydrogens is 466 g/mol. The van der Waals surface area contributed by atoms with E-state index in [1.165, 1.54) is 0 Å². The SMILES string of the molecule is Cc1ccc([C@H]2OC3(C(=O)c4ccccc4C3=O)[C@@H]3C(=O)N(Cc4ccc(Cl)cc4)C(=O)[C@H]23)cc1. The highest BCUT2D eigenvalue weighted by molar-refractivity contribution is 6.35. The molecule has 3 atom stereocenters. The van der Waals surface area contributed by atoms with E-state index in [1.54, 1.807) is 48.5 Å². The van der Waals surface area contributed by atoms with Crippen molar-refractivity contribution >= 4 is 35.0 Å². The van der Waals surface area contributed by atoms with Crippen molar-refractivity contribution in [1.29, 1.82) is 0 Å². The average molecular weight is 486 g/mol. The summed E-state index contributed by atoms with van der Waals surface area (Å²) in [5.41, 5.74) is 0.760. The number of fused-ring (bicyclic) bond motifs is 3. The number of hydrogen-bond donors (Lipinski definition) is 0. The highest BCUT2D eigenvalue weighted by Crippen LogP contribution is 2.57.